The van der Waals surface area contributed by atoms with Crippen molar-refractivity contribution in [1.29, 1.82) is 0 Å². The van der Waals surface area contributed by atoms with E-state index in [1.54, 1.807) is 0 Å². The number of benzene rings is 1. The number of nitrogens with zero attached hydrogens (tertiary/aromatic N) is 1. The van der Waals surface area contributed by atoms with Crippen molar-refractivity contribution in [3.8, 4) is 5.75 Å². The Kier molecular flexibility index (Phi) is 4.39. The van der Waals surface area contributed by atoms with E-state index in [0.29, 0.717) is 0 Å². The molecule has 0 bridgehead atoms. The Labute approximate surface area is 114 Å². The Morgan fingerprint density at radius 2 is 2.00 bits per heavy atom. The molecule has 0 radical (unpaired) electrons. The largest absolute Gasteiger partial charge is 0.491 e. The zero-order valence-corrected chi connectivity index (χ0v) is 11.7. The van der Waals surface area contributed by atoms with Crippen LogP contribution in [0.15, 0.2) is 42.7 Å². The van der Waals surface area contributed by atoms with E-state index in [1.165, 1.54) is 0 Å². The summed E-state index contributed by atoms with van der Waals surface area (Å²) in [5.74, 6) is 0.936. The predicted molar refractivity (Wildman–Crippen MR) is 78.5 cm³/mol. The van der Waals surface area contributed by atoms with Crippen LogP contribution in [-0.4, -0.2) is 11.1 Å². The number of aromatic nitrogens is 1. The van der Waals surface area contributed by atoms with Gasteiger partial charge in [0.2, 0.25) is 0 Å². The van der Waals surface area contributed by atoms with Crippen molar-refractivity contribution < 1.29 is 4.74 Å². The first-order valence-corrected chi connectivity index (χ1v) is 6.55. The third-order valence-corrected chi connectivity index (χ3v) is 2.69. The van der Waals surface area contributed by atoms with E-state index < -0.39 is 0 Å². The summed E-state index contributed by atoms with van der Waals surface area (Å²) in [6.45, 7) is 6.84. The molecule has 2 rings (SSSR count). The van der Waals surface area contributed by atoms with Gasteiger partial charge < -0.3 is 10.1 Å². The first kappa shape index (κ1) is 13.4. The standard InChI is InChI=1S/C16H20N2O/c1-12(2)19-16-7-5-4-6-14(16)10-18-15-8-13(3)9-17-11-15/h4-9,11-12,18H,10H2,1-3H3. The van der Waals surface area contributed by atoms with Crippen molar-refractivity contribution >= 4 is 5.69 Å². The maximum absolute atomic E-state index is 5.80. The molecule has 0 atom stereocenters. The number of rotatable bonds is 5. The minimum absolute atomic E-state index is 0.182. The van der Waals surface area contributed by atoms with E-state index >= 15 is 0 Å². The van der Waals surface area contributed by atoms with Crippen LogP contribution in [0.4, 0.5) is 5.69 Å². The highest BCUT2D eigenvalue weighted by atomic mass is 16.5. The molecule has 3 nitrogen and oxygen atoms in total. The van der Waals surface area contributed by atoms with Crippen molar-refractivity contribution in [2.45, 2.75) is 33.4 Å². The van der Waals surface area contributed by atoms with Crippen LogP contribution < -0.4 is 10.1 Å². The van der Waals surface area contributed by atoms with Crippen LogP contribution in [0.5, 0.6) is 5.75 Å². The van der Waals surface area contributed by atoms with Gasteiger partial charge in [0.1, 0.15) is 5.75 Å². The lowest BCUT2D eigenvalue weighted by Crippen LogP contribution is -2.09. The highest BCUT2D eigenvalue weighted by Gasteiger charge is 2.04. The van der Waals surface area contributed by atoms with Gasteiger partial charge >= 0.3 is 0 Å². The molecular weight excluding hydrogens is 236 g/mol. The van der Waals surface area contributed by atoms with Gasteiger partial charge in [0.05, 0.1) is 11.8 Å². The Balaban J connectivity index is 2.07. The van der Waals surface area contributed by atoms with Crippen LogP contribution in [0, 0.1) is 6.92 Å². The molecular formula is C16H20N2O. The second-order valence-electron chi connectivity index (χ2n) is 4.88. The fourth-order valence-electron chi connectivity index (χ4n) is 1.87. The normalized spacial score (nSPS) is 10.5. The first-order valence-electron chi connectivity index (χ1n) is 6.55. The molecule has 0 saturated heterocycles. The molecule has 3 heteroatoms. The average Bonchev–Trinajstić information content (AvgIpc) is 2.37. The molecule has 1 heterocycles. The van der Waals surface area contributed by atoms with Gasteiger partial charge in [0, 0.05) is 24.5 Å². The number of pyridine rings is 1. The van der Waals surface area contributed by atoms with E-state index in [1.807, 2.05) is 51.4 Å². The molecule has 0 unspecified atom stereocenters. The van der Waals surface area contributed by atoms with Crippen molar-refractivity contribution in [2.24, 2.45) is 0 Å². The molecule has 0 fully saturated rings. The summed E-state index contributed by atoms with van der Waals surface area (Å²) < 4.78 is 5.80. The quantitative estimate of drug-likeness (QED) is 0.883. The smallest absolute Gasteiger partial charge is 0.124 e. The fraction of sp³-hybridized carbons (Fsp3) is 0.312. The van der Waals surface area contributed by atoms with Gasteiger partial charge in [0.15, 0.2) is 0 Å². The molecule has 1 N–H and O–H groups in total. The fourth-order valence-corrected chi connectivity index (χ4v) is 1.87. The minimum Gasteiger partial charge on any atom is -0.491 e. The molecule has 100 valence electrons. The van der Waals surface area contributed by atoms with E-state index in [0.717, 1.165) is 29.1 Å². The number of hydrogen-bond acceptors (Lipinski definition) is 3. The Morgan fingerprint density at radius 1 is 1.21 bits per heavy atom. The molecule has 0 saturated carbocycles. The number of nitrogens with one attached hydrogen (secondary N) is 1. The second kappa shape index (κ2) is 6.23. The lowest BCUT2D eigenvalue weighted by atomic mass is 10.2. The number of anilines is 1. The summed E-state index contributed by atoms with van der Waals surface area (Å²) >= 11 is 0. The molecule has 0 aliphatic rings. The number of ether oxygens (including phenoxy) is 1. The maximum atomic E-state index is 5.80. The number of para-hydroxylation sites is 1. The molecule has 1 aromatic heterocycles. The van der Waals surface area contributed by atoms with E-state index in [4.69, 9.17) is 4.74 Å². The van der Waals surface area contributed by atoms with Crippen molar-refractivity contribution in [1.82, 2.24) is 4.98 Å². The summed E-state index contributed by atoms with van der Waals surface area (Å²) in [6, 6.07) is 10.2. The van der Waals surface area contributed by atoms with Crippen LogP contribution >= 0.6 is 0 Å². The summed E-state index contributed by atoms with van der Waals surface area (Å²) in [6.07, 6.45) is 3.86. The summed E-state index contributed by atoms with van der Waals surface area (Å²) in [5.41, 5.74) is 3.33. The van der Waals surface area contributed by atoms with Crippen LogP contribution in [0.3, 0.4) is 0 Å². The predicted octanol–water partition coefficient (Wildman–Crippen LogP) is 3.79. The van der Waals surface area contributed by atoms with Crippen LogP contribution in [0.2, 0.25) is 0 Å². The van der Waals surface area contributed by atoms with Gasteiger partial charge in [-0.15, -0.1) is 0 Å². The highest BCUT2D eigenvalue weighted by Crippen LogP contribution is 2.20. The minimum atomic E-state index is 0.182. The molecule has 0 spiro atoms. The van der Waals surface area contributed by atoms with Gasteiger partial charge in [-0.3, -0.25) is 4.98 Å². The maximum Gasteiger partial charge on any atom is 0.124 e. The Hall–Kier alpha value is -2.03. The lowest BCUT2D eigenvalue weighted by molar-refractivity contribution is 0.240. The summed E-state index contributed by atoms with van der Waals surface area (Å²) in [4.78, 5) is 4.17. The van der Waals surface area contributed by atoms with Gasteiger partial charge in [-0.1, -0.05) is 18.2 Å². The lowest BCUT2D eigenvalue weighted by Gasteiger charge is -2.15. The average molecular weight is 256 g/mol. The topological polar surface area (TPSA) is 34.2 Å². The van der Waals surface area contributed by atoms with E-state index in [-0.39, 0.29) is 6.10 Å². The van der Waals surface area contributed by atoms with Gasteiger partial charge in [-0.25, -0.2) is 0 Å². The van der Waals surface area contributed by atoms with Gasteiger partial charge in [0.25, 0.3) is 0 Å². The van der Waals surface area contributed by atoms with Gasteiger partial charge in [-0.05, 0) is 38.5 Å². The zero-order valence-electron chi connectivity index (χ0n) is 11.7. The third kappa shape index (κ3) is 3.98. The zero-order chi connectivity index (χ0) is 13.7. The Morgan fingerprint density at radius 3 is 2.74 bits per heavy atom. The number of hydrogen-bond donors (Lipinski definition) is 1. The molecule has 0 aliphatic heterocycles. The summed E-state index contributed by atoms with van der Waals surface area (Å²) in [5, 5.41) is 3.37. The van der Waals surface area contributed by atoms with Crippen LogP contribution in [0.25, 0.3) is 0 Å². The summed E-state index contributed by atoms with van der Waals surface area (Å²) in [7, 11) is 0. The van der Waals surface area contributed by atoms with Crippen molar-refractivity contribution in [2.75, 3.05) is 5.32 Å². The molecule has 0 aliphatic carbocycles. The number of aryl methyl sites for hydroxylation is 1. The first-order chi connectivity index (χ1) is 9.15. The third-order valence-electron chi connectivity index (χ3n) is 2.69. The molecule has 19 heavy (non-hydrogen) atoms. The highest BCUT2D eigenvalue weighted by molar-refractivity contribution is 5.45. The monoisotopic (exact) mass is 256 g/mol. The van der Waals surface area contributed by atoms with Crippen LogP contribution in [-0.2, 0) is 6.54 Å². The van der Waals surface area contributed by atoms with Gasteiger partial charge in [-0.2, -0.15) is 0 Å². The molecule has 1 aromatic carbocycles. The SMILES string of the molecule is Cc1cncc(NCc2ccccc2OC(C)C)c1. The van der Waals surface area contributed by atoms with E-state index in [2.05, 4.69) is 22.4 Å². The second-order valence-corrected chi connectivity index (χ2v) is 4.88. The van der Waals surface area contributed by atoms with Crippen molar-refractivity contribution in [3.05, 3.63) is 53.9 Å². The van der Waals surface area contributed by atoms with E-state index in [9.17, 15) is 0 Å². The molecule has 0 amide bonds. The molecule has 2 aromatic rings. The van der Waals surface area contributed by atoms with Crippen molar-refractivity contribution in [3.63, 3.8) is 0 Å². The Bertz CT molecular complexity index is 538. The van der Waals surface area contributed by atoms with Crippen LogP contribution in [0.1, 0.15) is 25.0 Å².